The van der Waals surface area contributed by atoms with E-state index in [0.29, 0.717) is 6.61 Å². The van der Waals surface area contributed by atoms with Crippen LogP contribution in [-0.4, -0.2) is 49.1 Å². The van der Waals surface area contributed by atoms with E-state index in [4.69, 9.17) is 4.74 Å². The van der Waals surface area contributed by atoms with E-state index in [0.717, 1.165) is 45.2 Å². The highest BCUT2D eigenvalue weighted by molar-refractivity contribution is 5.82. The van der Waals surface area contributed by atoms with Crippen molar-refractivity contribution < 1.29 is 14.3 Å². The van der Waals surface area contributed by atoms with Crippen molar-refractivity contribution >= 4 is 11.8 Å². The van der Waals surface area contributed by atoms with E-state index in [9.17, 15) is 9.59 Å². The number of methoxy groups -OCH3 is 1. The average Bonchev–Trinajstić information content (AvgIpc) is 3.30. The van der Waals surface area contributed by atoms with Crippen LogP contribution in [-0.2, 0) is 14.3 Å². The summed E-state index contributed by atoms with van der Waals surface area (Å²) in [6.45, 7) is 5.97. The molecule has 1 saturated carbocycles. The SMILES string of the molecule is COCCC1(NC(=O)C2CC2)CCN(C(=O)C(C)C)CC1. The minimum atomic E-state index is -0.191. The Morgan fingerprint density at radius 1 is 1.29 bits per heavy atom. The van der Waals surface area contributed by atoms with Crippen molar-refractivity contribution in [2.24, 2.45) is 11.8 Å². The van der Waals surface area contributed by atoms with Crippen molar-refractivity contribution in [3.05, 3.63) is 0 Å². The molecule has 0 aromatic carbocycles. The molecule has 1 N–H and O–H groups in total. The Balaban J connectivity index is 1.95. The van der Waals surface area contributed by atoms with E-state index in [1.807, 2.05) is 18.7 Å². The molecule has 2 amide bonds. The number of piperidine rings is 1. The zero-order valence-corrected chi connectivity index (χ0v) is 13.5. The predicted octanol–water partition coefficient (Wildman–Crippen LogP) is 1.57. The monoisotopic (exact) mass is 296 g/mol. The van der Waals surface area contributed by atoms with Gasteiger partial charge in [0.15, 0.2) is 0 Å². The fraction of sp³-hybridized carbons (Fsp3) is 0.875. The summed E-state index contributed by atoms with van der Waals surface area (Å²) in [4.78, 5) is 26.1. The van der Waals surface area contributed by atoms with Crippen LogP contribution in [0.3, 0.4) is 0 Å². The van der Waals surface area contributed by atoms with E-state index in [1.54, 1.807) is 7.11 Å². The second-order valence-corrected chi connectivity index (χ2v) is 6.77. The summed E-state index contributed by atoms with van der Waals surface area (Å²) in [5, 5.41) is 3.26. The maximum absolute atomic E-state index is 12.1. The van der Waals surface area contributed by atoms with Gasteiger partial charge in [-0.05, 0) is 32.1 Å². The van der Waals surface area contributed by atoms with Crippen LogP contribution in [0.25, 0.3) is 0 Å². The molecule has 5 nitrogen and oxygen atoms in total. The molecule has 1 heterocycles. The Morgan fingerprint density at radius 2 is 1.90 bits per heavy atom. The Hall–Kier alpha value is -1.10. The molecular formula is C16H28N2O3. The van der Waals surface area contributed by atoms with Crippen molar-refractivity contribution in [1.29, 1.82) is 0 Å². The first-order valence-electron chi connectivity index (χ1n) is 8.07. The molecule has 2 fully saturated rings. The van der Waals surface area contributed by atoms with Crippen LogP contribution in [0.5, 0.6) is 0 Å². The highest BCUT2D eigenvalue weighted by Gasteiger charge is 2.40. The van der Waals surface area contributed by atoms with Gasteiger partial charge < -0.3 is 15.0 Å². The molecule has 0 radical (unpaired) electrons. The molecule has 0 atom stereocenters. The lowest BCUT2D eigenvalue weighted by molar-refractivity contribution is -0.136. The number of hydrogen-bond donors (Lipinski definition) is 1. The molecule has 0 unspecified atom stereocenters. The zero-order valence-electron chi connectivity index (χ0n) is 13.5. The molecule has 21 heavy (non-hydrogen) atoms. The van der Waals surface area contributed by atoms with Crippen molar-refractivity contribution in [3.63, 3.8) is 0 Å². The first-order chi connectivity index (χ1) is 9.97. The maximum atomic E-state index is 12.1. The third kappa shape index (κ3) is 4.19. The van der Waals surface area contributed by atoms with Gasteiger partial charge in [-0.25, -0.2) is 0 Å². The highest BCUT2D eigenvalue weighted by atomic mass is 16.5. The van der Waals surface area contributed by atoms with Gasteiger partial charge in [0.25, 0.3) is 0 Å². The average molecular weight is 296 g/mol. The molecule has 120 valence electrons. The van der Waals surface area contributed by atoms with Crippen LogP contribution in [0.1, 0.15) is 46.0 Å². The van der Waals surface area contributed by atoms with E-state index < -0.39 is 0 Å². The summed E-state index contributed by atoms with van der Waals surface area (Å²) in [7, 11) is 1.69. The number of ether oxygens (including phenoxy) is 1. The number of rotatable bonds is 6. The van der Waals surface area contributed by atoms with Gasteiger partial charge >= 0.3 is 0 Å². The molecule has 1 aliphatic heterocycles. The Morgan fingerprint density at radius 3 is 2.38 bits per heavy atom. The molecule has 0 bridgehead atoms. The quantitative estimate of drug-likeness (QED) is 0.809. The molecule has 0 aromatic heterocycles. The second-order valence-electron chi connectivity index (χ2n) is 6.77. The molecule has 1 aliphatic carbocycles. The van der Waals surface area contributed by atoms with Crippen LogP contribution in [0.2, 0.25) is 0 Å². The van der Waals surface area contributed by atoms with E-state index >= 15 is 0 Å². The number of nitrogens with zero attached hydrogens (tertiary/aromatic N) is 1. The van der Waals surface area contributed by atoms with Gasteiger partial charge in [-0.1, -0.05) is 13.8 Å². The van der Waals surface area contributed by atoms with Crippen LogP contribution < -0.4 is 5.32 Å². The third-order valence-corrected chi connectivity index (χ3v) is 4.65. The first kappa shape index (κ1) is 16.3. The lowest BCUT2D eigenvalue weighted by atomic mass is 9.84. The Kier molecular flexibility index (Phi) is 5.25. The molecule has 5 heteroatoms. The third-order valence-electron chi connectivity index (χ3n) is 4.65. The number of hydrogen-bond acceptors (Lipinski definition) is 3. The minimum absolute atomic E-state index is 0.0394. The second kappa shape index (κ2) is 6.77. The van der Waals surface area contributed by atoms with Crippen LogP contribution in [0.15, 0.2) is 0 Å². The number of likely N-dealkylation sites (tertiary alicyclic amines) is 1. The Bertz CT molecular complexity index is 383. The molecule has 0 aromatic rings. The summed E-state index contributed by atoms with van der Waals surface area (Å²) in [5.74, 6) is 0.663. The minimum Gasteiger partial charge on any atom is -0.385 e. The zero-order chi connectivity index (χ0) is 15.5. The fourth-order valence-corrected chi connectivity index (χ4v) is 2.96. The van der Waals surface area contributed by atoms with Gasteiger partial charge in [0, 0.05) is 44.2 Å². The van der Waals surface area contributed by atoms with E-state index in [-0.39, 0.29) is 29.2 Å². The van der Waals surface area contributed by atoms with E-state index in [1.165, 1.54) is 0 Å². The summed E-state index contributed by atoms with van der Waals surface area (Å²) in [6.07, 6.45) is 4.51. The van der Waals surface area contributed by atoms with Crippen molar-refractivity contribution in [3.8, 4) is 0 Å². The van der Waals surface area contributed by atoms with Gasteiger partial charge in [0.1, 0.15) is 0 Å². The first-order valence-corrected chi connectivity index (χ1v) is 8.07. The van der Waals surface area contributed by atoms with Gasteiger partial charge in [-0.15, -0.1) is 0 Å². The lowest BCUT2D eigenvalue weighted by Gasteiger charge is -2.43. The van der Waals surface area contributed by atoms with Crippen molar-refractivity contribution in [1.82, 2.24) is 10.2 Å². The molecule has 2 rings (SSSR count). The molecular weight excluding hydrogens is 268 g/mol. The van der Waals surface area contributed by atoms with Gasteiger partial charge in [0.2, 0.25) is 11.8 Å². The number of nitrogens with one attached hydrogen (secondary N) is 1. The standard InChI is InChI=1S/C16H28N2O3/c1-12(2)15(20)18-9-6-16(7-10-18,8-11-21-3)17-14(19)13-4-5-13/h12-13H,4-11H2,1-3H3,(H,17,19). The largest absolute Gasteiger partial charge is 0.385 e. The van der Waals surface area contributed by atoms with Crippen LogP contribution in [0.4, 0.5) is 0 Å². The summed E-state index contributed by atoms with van der Waals surface area (Å²) < 4.78 is 5.21. The molecule has 0 spiro atoms. The molecule has 1 saturated heterocycles. The normalized spacial score (nSPS) is 21.4. The smallest absolute Gasteiger partial charge is 0.225 e. The summed E-state index contributed by atoms with van der Waals surface area (Å²) in [5.41, 5.74) is -0.191. The summed E-state index contributed by atoms with van der Waals surface area (Å²) in [6, 6.07) is 0. The Labute approximate surface area is 127 Å². The van der Waals surface area contributed by atoms with Crippen molar-refractivity contribution in [2.75, 3.05) is 26.8 Å². The van der Waals surface area contributed by atoms with Crippen molar-refractivity contribution in [2.45, 2.75) is 51.5 Å². The number of carbonyl (C=O) groups is 2. The maximum Gasteiger partial charge on any atom is 0.225 e. The van der Waals surface area contributed by atoms with Gasteiger partial charge in [-0.3, -0.25) is 9.59 Å². The lowest BCUT2D eigenvalue weighted by Crippen LogP contribution is -2.57. The predicted molar refractivity (Wildman–Crippen MR) is 80.7 cm³/mol. The van der Waals surface area contributed by atoms with Gasteiger partial charge in [0.05, 0.1) is 0 Å². The highest BCUT2D eigenvalue weighted by Crippen LogP contribution is 2.32. The topological polar surface area (TPSA) is 58.6 Å². The van der Waals surface area contributed by atoms with Crippen LogP contribution >= 0.6 is 0 Å². The fourth-order valence-electron chi connectivity index (χ4n) is 2.96. The van der Waals surface area contributed by atoms with Gasteiger partial charge in [-0.2, -0.15) is 0 Å². The number of carbonyl (C=O) groups excluding carboxylic acids is 2. The summed E-state index contributed by atoms with van der Waals surface area (Å²) >= 11 is 0. The van der Waals surface area contributed by atoms with Crippen LogP contribution in [0, 0.1) is 11.8 Å². The van der Waals surface area contributed by atoms with E-state index in [2.05, 4.69) is 5.32 Å². The molecule has 2 aliphatic rings. The number of amides is 2.